The van der Waals surface area contributed by atoms with Crippen LogP contribution in [0.1, 0.15) is 34.7 Å². The molecule has 1 aliphatic rings. The zero-order valence-electron chi connectivity index (χ0n) is 19.7. The number of barbiturate groups is 1. The average Bonchev–Trinajstić information content (AvgIpc) is 2.79. The first-order chi connectivity index (χ1) is 16.8. The van der Waals surface area contributed by atoms with E-state index in [4.69, 9.17) is 4.74 Å². The van der Waals surface area contributed by atoms with Gasteiger partial charge >= 0.3 is 6.03 Å². The van der Waals surface area contributed by atoms with E-state index < -0.39 is 23.7 Å². The van der Waals surface area contributed by atoms with Crippen molar-refractivity contribution in [1.82, 2.24) is 5.32 Å². The first-order valence-corrected chi connectivity index (χ1v) is 11.3. The number of halogens is 1. The number of carbonyl (C=O) groups excluding carboxylic acids is 3. The number of aryl methyl sites for hydroxylation is 2. The monoisotopic (exact) mass is 472 g/mol. The molecule has 178 valence electrons. The highest BCUT2D eigenvalue weighted by Crippen LogP contribution is 2.28. The molecule has 1 heterocycles. The Hall–Kier alpha value is -4.26. The van der Waals surface area contributed by atoms with E-state index >= 15 is 0 Å². The molecule has 35 heavy (non-hydrogen) atoms. The van der Waals surface area contributed by atoms with Crippen molar-refractivity contribution < 1.29 is 23.5 Å². The molecule has 4 amide bonds. The van der Waals surface area contributed by atoms with E-state index in [1.165, 1.54) is 35.4 Å². The molecule has 0 radical (unpaired) electrons. The maximum absolute atomic E-state index is 14.3. The minimum atomic E-state index is -0.999. The maximum atomic E-state index is 14.3. The van der Waals surface area contributed by atoms with Gasteiger partial charge in [0.1, 0.15) is 17.1 Å². The third-order valence-corrected chi connectivity index (χ3v) is 5.57. The first-order valence-electron chi connectivity index (χ1n) is 11.3. The van der Waals surface area contributed by atoms with Crippen molar-refractivity contribution >= 4 is 29.6 Å². The molecule has 0 aliphatic carbocycles. The van der Waals surface area contributed by atoms with Crippen molar-refractivity contribution in [3.8, 4) is 5.75 Å². The summed E-state index contributed by atoms with van der Waals surface area (Å²) in [5.74, 6) is -1.86. The van der Waals surface area contributed by atoms with E-state index in [1.54, 1.807) is 12.1 Å². The lowest BCUT2D eigenvalue weighted by Crippen LogP contribution is -2.54. The van der Waals surface area contributed by atoms with Gasteiger partial charge in [0.2, 0.25) is 0 Å². The van der Waals surface area contributed by atoms with E-state index in [0.29, 0.717) is 29.2 Å². The van der Waals surface area contributed by atoms with Gasteiger partial charge in [0.15, 0.2) is 0 Å². The molecule has 7 heteroatoms. The Morgan fingerprint density at radius 3 is 2.37 bits per heavy atom. The van der Waals surface area contributed by atoms with Crippen molar-refractivity contribution in [3.63, 3.8) is 0 Å². The molecule has 0 saturated carbocycles. The fourth-order valence-electron chi connectivity index (χ4n) is 4.16. The quantitative estimate of drug-likeness (QED) is 0.400. The fourth-order valence-corrected chi connectivity index (χ4v) is 4.16. The third-order valence-electron chi connectivity index (χ3n) is 5.57. The number of urea groups is 1. The lowest BCUT2D eigenvalue weighted by molar-refractivity contribution is -0.122. The zero-order chi connectivity index (χ0) is 25.1. The van der Waals surface area contributed by atoms with E-state index in [1.807, 2.05) is 13.0 Å². The molecule has 0 spiro atoms. The Morgan fingerprint density at radius 1 is 0.971 bits per heavy atom. The Morgan fingerprint density at radius 2 is 1.69 bits per heavy atom. The van der Waals surface area contributed by atoms with Gasteiger partial charge in [-0.2, -0.15) is 0 Å². The summed E-state index contributed by atoms with van der Waals surface area (Å²) < 4.78 is 20.1. The number of anilines is 1. The zero-order valence-corrected chi connectivity index (χ0v) is 19.7. The van der Waals surface area contributed by atoms with Gasteiger partial charge < -0.3 is 4.74 Å². The van der Waals surface area contributed by atoms with E-state index in [2.05, 4.69) is 37.4 Å². The number of benzene rings is 3. The van der Waals surface area contributed by atoms with E-state index in [-0.39, 0.29) is 11.3 Å². The summed E-state index contributed by atoms with van der Waals surface area (Å²) in [5, 5.41) is 2.11. The third kappa shape index (κ3) is 5.14. The normalized spacial score (nSPS) is 14.9. The summed E-state index contributed by atoms with van der Waals surface area (Å²) in [5.41, 5.74) is 4.49. The molecule has 0 atom stereocenters. The summed E-state index contributed by atoms with van der Waals surface area (Å²) in [6.45, 7) is 6.42. The number of nitrogens with zero attached hydrogens (tertiary/aromatic N) is 1. The molecule has 6 nitrogen and oxygen atoms in total. The predicted molar refractivity (Wildman–Crippen MR) is 132 cm³/mol. The molecule has 3 aromatic rings. The van der Waals surface area contributed by atoms with Gasteiger partial charge in [-0.3, -0.25) is 14.9 Å². The predicted octanol–water partition coefficient (Wildman–Crippen LogP) is 5.10. The Bertz CT molecular complexity index is 1340. The van der Waals surface area contributed by atoms with Crippen LogP contribution in [0, 0.1) is 19.7 Å². The first kappa shape index (κ1) is 23.9. The van der Waals surface area contributed by atoms with E-state index in [0.717, 1.165) is 17.2 Å². The molecule has 1 N–H and O–H groups in total. The second-order valence-electron chi connectivity index (χ2n) is 8.38. The second-order valence-corrected chi connectivity index (χ2v) is 8.38. The Kier molecular flexibility index (Phi) is 6.78. The van der Waals surface area contributed by atoms with Crippen LogP contribution in [0.5, 0.6) is 5.75 Å². The smallest absolute Gasteiger partial charge is 0.336 e. The molecule has 1 fully saturated rings. The molecular weight excluding hydrogens is 447 g/mol. The van der Waals surface area contributed by atoms with Crippen molar-refractivity contribution in [1.29, 1.82) is 0 Å². The van der Waals surface area contributed by atoms with Gasteiger partial charge in [-0.05, 0) is 61.7 Å². The van der Waals surface area contributed by atoms with Crippen LogP contribution in [0.15, 0.2) is 66.2 Å². The van der Waals surface area contributed by atoms with Crippen molar-refractivity contribution in [3.05, 3.63) is 99.9 Å². The number of hydrogen-bond donors (Lipinski definition) is 1. The molecular formula is C28H25FN2O4. The molecule has 1 aliphatic heterocycles. The highest BCUT2D eigenvalue weighted by Gasteiger charge is 2.37. The number of carbonyl (C=O) groups is 3. The number of imide groups is 2. The van der Waals surface area contributed by atoms with Crippen LogP contribution in [-0.2, 0) is 16.0 Å². The van der Waals surface area contributed by atoms with Crippen LogP contribution in [-0.4, -0.2) is 24.5 Å². The highest BCUT2D eigenvalue weighted by atomic mass is 19.1. The summed E-state index contributed by atoms with van der Waals surface area (Å²) in [4.78, 5) is 38.5. The molecule has 1 saturated heterocycles. The molecule has 0 unspecified atom stereocenters. The van der Waals surface area contributed by atoms with Crippen LogP contribution >= 0.6 is 0 Å². The Balaban J connectivity index is 1.69. The summed E-state index contributed by atoms with van der Waals surface area (Å²) in [6, 6.07) is 16.2. The lowest BCUT2D eigenvalue weighted by atomic mass is 9.98. The molecule has 0 bridgehead atoms. The number of ether oxygens (including phenoxy) is 1. The summed E-state index contributed by atoms with van der Waals surface area (Å²) in [6.07, 6.45) is 2.03. The summed E-state index contributed by atoms with van der Waals surface area (Å²) >= 11 is 0. The van der Waals surface area contributed by atoms with Crippen LogP contribution in [0.3, 0.4) is 0 Å². The van der Waals surface area contributed by atoms with Gasteiger partial charge in [0.25, 0.3) is 11.8 Å². The molecule has 4 rings (SSSR count). The van der Waals surface area contributed by atoms with Crippen molar-refractivity contribution in [2.45, 2.75) is 27.2 Å². The molecule has 0 aromatic heterocycles. The number of rotatable bonds is 6. The summed E-state index contributed by atoms with van der Waals surface area (Å²) in [7, 11) is 0. The van der Waals surface area contributed by atoms with Crippen molar-refractivity contribution in [2.24, 2.45) is 0 Å². The van der Waals surface area contributed by atoms with Crippen LogP contribution in [0.25, 0.3) is 6.08 Å². The van der Waals surface area contributed by atoms with Gasteiger partial charge in [0.05, 0.1) is 12.3 Å². The lowest BCUT2D eigenvalue weighted by Gasteiger charge is -2.26. The van der Waals surface area contributed by atoms with Crippen molar-refractivity contribution in [2.75, 3.05) is 11.5 Å². The van der Waals surface area contributed by atoms with Gasteiger partial charge in [-0.1, -0.05) is 53.6 Å². The topological polar surface area (TPSA) is 75.7 Å². The van der Waals surface area contributed by atoms with Crippen LogP contribution in [0.2, 0.25) is 0 Å². The molecule has 3 aromatic carbocycles. The fraction of sp³-hybridized carbons (Fsp3) is 0.179. The number of amides is 4. The second kappa shape index (κ2) is 9.93. The van der Waals surface area contributed by atoms with E-state index in [9.17, 15) is 18.8 Å². The highest BCUT2D eigenvalue weighted by molar-refractivity contribution is 6.39. The van der Waals surface area contributed by atoms with Crippen LogP contribution < -0.4 is 15.0 Å². The standard InChI is InChI=1S/C28H25FN2O4/c1-4-35-25-16-19(9-10-21(25)14-20-12-17(2)11-18(3)13-20)15-22-26(32)30-28(34)31(27(22)33)24-8-6-5-7-23(24)29/h5-13,15-16H,4,14H2,1-3H3,(H,30,32,34)/b22-15-. The minimum Gasteiger partial charge on any atom is -0.494 e. The maximum Gasteiger partial charge on any atom is 0.336 e. The average molecular weight is 473 g/mol. The number of nitrogens with one attached hydrogen (secondary N) is 1. The van der Waals surface area contributed by atoms with Gasteiger partial charge in [0, 0.05) is 6.42 Å². The van der Waals surface area contributed by atoms with Crippen LogP contribution in [0.4, 0.5) is 14.9 Å². The number of para-hydroxylation sites is 1. The van der Waals surface area contributed by atoms with Gasteiger partial charge in [-0.15, -0.1) is 0 Å². The minimum absolute atomic E-state index is 0.229. The SMILES string of the molecule is CCOc1cc(/C=C2/C(=O)NC(=O)N(c3ccccc3F)C2=O)ccc1Cc1cc(C)cc(C)c1. The van der Waals surface area contributed by atoms with Gasteiger partial charge in [-0.25, -0.2) is 14.1 Å². The number of hydrogen-bond acceptors (Lipinski definition) is 4. The Labute approximate surface area is 203 Å². The largest absolute Gasteiger partial charge is 0.494 e.